The van der Waals surface area contributed by atoms with Gasteiger partial charge in [-0.3, -0.25) is 0 Å². The van der Waals surface area contributed by atoms with Gasteiger partial charge >= 0.3 is 5.97 Å². The van der Waals surface area contributed by atoms with Crippen molar-refractivity contribution in [1.82, 2.24) is 9.97 Å². The van der Waals surface area contributed by atoms with Crippen molar-refractivity contribution >= 4 is 23.4 Å². The molecule has 0 aliphatic rings. The first kappa shape index (κ1) is 16.9. The number of ether oxygens (including phenoxy) is 2. The van der Waals surface area contributed by atoms with Crippen LogP contribution in [0, 0.1) is 11.6 Å². The standard InChI is InChI=1S/C14H12ClF2N3O3/c1-3-23-14(21)10-11(22-2)12(18)20-13(19-10)6-4-5-7(15)9(17)8(6)16/h4-5H,3H2,1-2H3,(H2,18,19,20). The minimum Gasteiger partial charge on any atom is -0.491 e. The molecule has 0 spiro atoms. The molecule has 0 unspecified atom stereocenters. The molecule has 0 aliphatic heterocycles. The summed E-state index contributed by atoms with van der Waals surface area (Å²) in [6.45, 7) is 1.69. The normalized spacial score (nSPS) is 10.5. The van der Waals surface area contributed by atoms with E-state index in [-0.39, 0.29) is 35.3 Å². The van der Waals surface area contributed by atoms with E-state index in [0.717, 1.165) is 6.07 Å². The molecule has 1 heterocycles. The largest absolute Gasteiger partial charge is 0.491 e. The zero-order chi connectivity index (χ0) is 17.1. The molecule has 2 N–H and O–H groups in total. The smallest absolute Gasteiger partial charge is 0.361 e. The highest BCUT2D eigenvalue weighted by Gasteiger charge is 2.24. The lowest BCUT2D eigenvalue weighted by Crippen LogP contribution is -2.13. The van der Waals surface area contributed by atoms with Gasteiger partial charge in [0, 0.05) is 0 Å². The topological polar surface area (TPSA) is 87.3 Å². The molecular formula is C14H12ClF2N3O3. The number of halogens is 3. The highest BCUT2D eigenvalue weighted by atomic mass is 35.5. The number of carbonyl (C=O) groups excluding carboxylic acids is 1. The predicted molar refractivity (Wildman–Crippen MR) is 79.3 cm³/mol. The van der Waals surface area contributed by atoms with Crippen LogP contribution in [0.25, 0.3) is 11.4 Å². The van der Waals surface area contributed by atoms with Crippen molar-refractivity contribution in [2.24, 2.45) is 0 Å². The van der Waals surface area contributed by atoms with Crippen LogP contribution in [0.15, 0.2) is 12.1 Å². The number of esters is 1. The summed E-state index contributed by atoms with van der Waals surface area (Å²) in [5.41, 5.74) is 5.11. The van der Waals surface area contributed by atoms with E-state index in [1.54, 1.807) is 6.92 Å². The van der Waals surface area contributed by atoms with Gasteiger partial charge in [0.25, 0.3) is 0 Å². The van der Waals surface area contributed by atoms with Crippen LogP contribution in [0.1, 0.15) is 17.4 Å². The number of hydrogen-bond acceptors (Lipinski definition) is 6. The molecule has 0 saturated carbocycles. The Morgan fingerprint density at radius 2 is 2.00 bits per heavy atom. The lowest BCUT2D eigenvalue weighted by Gasteiger charge is -2.11. The van der Waals surface area contributed by atoms with Gasteiger partial charge in [0.15, 0.2) is 34.7 Å². The average Bonchev–Trinajstić information content (AvgIpc) is 2.52. The summed E-state index contributed by atoms with van der Waals surface area (Å²) < 4.78 is 37.4. The van der Waals surface area contributed by atoms with Crippen molar-refractivity contribution in [2.75, 3.05) is 19.5 Å². The van der Waals surface area contributed by atoms with Crippen molar-refractivity contribution < 1.29 is 23.0 Å². The third-order valence-electron chi connectivity index (χ3n) is 2.84. The van der Waals surface area contributed by atoms with E-state index >= 15 is 0 Å². The number of methoxy groups -OCH3 is 1. The Hall–Kier alpha value is -2.48. The molecule has 1 aromatic carbocycles. The Morgan fingerprint density at radius 1 is 1.30 bits per heavy atom. The molecule has 0 bridgehead atoms. The van der Waals surface area contributed by atoms with Crippen LogP contribution in [0.3, 0.4) is 0 Å². The first-order chi connectivity index (χ1) is 10.9. The summed E-state index contributed by atoms with van der Waals surface area (Å²) in [6, 6.07) is 2.32. The number of nitrogen functional groups attached to an aromatic ring is 1. The number of anilines is 1. The lowest BCUT2D eigenvalue weighted by molar-refractivity contribution is 0.0515. The second-order valence-corrected chi connectivity index (χ2v) is 4.66. The number of nitrogens with zero attached hydrogens (tertiary/aromatic N) is 2. The van der Waals surface area contributed by atoms with E-state index in [4.69, 9.17) is 26.8 Å². The second-order valence-electron chi connectivity index (χ2n) is 4.26. The molecule has 0 atom stereocenters. The van der Waals surface area contributed by atoms with Crippen molar-refractivity contribution in [3.8, 4) is 17.1 Å². The zero-order valence-corrected chi connectivity index (χ0v) is 12.9. The number of hydrogen-bond donors (Lipinski definition) is 1. The van der Waals surface area contributed by atoms with Gasteiger partial charge in [0.05, 0.1) is 24.3 Å². The Bertz CT molecular complexity index is 771. The molecule has 0 radical (unpaired) electrons. The van der Waals surface area contributed by atoms with E-state index in [2.05, 4.69) is 9.97 Å². The first-order valence-corrected chi connectivity index (χ1v) is 6.81. The molecule has 122 valence electrons. The van der Waals surface area contributed by atoms with Gasteiger partial charge in [0.1, 0.15) is 0 Å². The highest BCUT2D eigenvalue weighted by molar-refractivity contribution is 6.30. The van der Waals surface area contributed by atoms with Crippen molar-refractivity contribution in [3.63, 3.8) is 0 Å². The summed E-state index contributed by atoms with van der Waals surface area (Å²) in [5.74, 6) is -3.94. The Balaban J connectivity index is 2.66. The van der Waals surface area contributed by atoms with E-state index in [0.29, 0.717) is 0 Å². The number of carbonyl (C=O) groups is 1. The first-order valence-electron chi connectivity index (χ1n) is 6.43. The summed E-state index contributed by atoms with van der Waals surface area (Å²) >= 11 is 5.50. The lowest BCUT2D eigenvalue weighted by atomic mass is 10.2. The monoisotopic (exact) mass is 343 g/mol. The molecule has 0 aliphatic carbocycles. The Morgan fingerprint density at radius 3 is 2.61 bits per heavy atom. The highest BCUT2D eigenvalue weighted by Crippen LogP contribution is 2.31. The molecule has 9 heteroatoms. The third-order valence-corrected chi connectivity index (χ3v) is 3.13. The summed E-state index contributed by atoms with van der Waals surface area (Å²) in [7, 11) is 1.26. The van der Waals surface area contributed by atoms with Gasteiger partial charge in [-0.2, -0.15) is 0 Å². The van der Waals surface area contributed by atoms with E-state index in [1.807, 2.05) is 0 Å². The Labute approximate surface area is 135 Å². The maximum atomic E-state index is 14.0. The number of rotatable bonds is 4. The Kier molecular flexibility index (Phi) is 4.95. The van der Waals surface area contributed by atoms with Gasteiger partial charge in [-0.25, -0.2) is 23.5 Å². The fraction of sp³-hybridized carbons (Fsp3) is 0.214. The van der Waals surface area contributed by atoms with Gasteiger partial charge < -0.3 is 15.2 Å². The molecular weight excluding hydrogens is 332 g/mol. The fourth-order valence-corrected chi connectivity index (χ4v) is 1.97. The van der Waals surface area contributed by atoms with Crippen LogP contribution in [0.5, 0.6) is 5.75 Å². The molecule has 2 aromatic rings. The summed E-state index contributed by atoms with van der Waals surface area (Å²) in [6.07, 6.45) is 0. The second kappa shape index (κ2) is 6.74. The maximum Gasteiger partial charge on any atom is 0.361 e. The van der Waals surface area contributed by atoms with Crippen LogP contribution in [0.4, 0.5) is 14.6 Å². The average molecular weight is 344 g/mol. The van der Waals surface area contributed by atoms with Gasteiger partial charge in [-0.05, 0) is 19.1 Å². The van der Waals surface area contributed by atoms with E-state index in [1.165, 1.54) is 13.2 Å². The quantitative estimate of drug-likeness (QED) is 0.678. The van der Waals surface area contributed by atoms with Gasteiger partial charge in [0.2, 0.25) is 0 Å². The van der Waals surface area contributed by atoms with Crippen molar-refractivity contribution in [3.05, 3.63) is 34.5 Å². The van der Waals surface area contributed by atoms with Crippen LogP contribution in [-0.4, -0.2) is 29.7 Å². The van der Waals surface area contributed by atoms with E-state index < -0.39 is 22.6 Å². The van der Waals surface area contributed by atoms with Crippen LogP contribution >= 0.6 is 11.6 Å². The van der Waals surface area contributed by atoms with Crippen LogP contribution in [0.2, 0.25) is 5.02 Å². The molecule has 0 fully saturated rings. The van der Waals surface area contributed by atoms with Crippen LogP contribution in [-0.2, 0) is 4.74 Å². The minimum absolute atomic E-state index is 0.0885. The predicted octanol–water partition coefficient (Wildman–Crippen LogP) is 2.84. The molecule has 23 heavy (non-hydrogen) atoms. The van der Waals surface area contributed by atoms with Crippen molar-refractivity contribution in [2.45, 2.75) is 6.92 Å². The zero-order valence-electron chi connectivity index (χ0n) is 12.2. The number of aromatic nitrogens is 2. The van der Waals surface area contributed by atoms with Gasteiger partial charge in [-0.15, -0.1) is 0 Å². The summed E-state index contributed by atoms with van der Waals surface area (Å²) in [4.78, 5) is 19.6. The van der Waals surface area contributed by atoms with Gasteiger partial charge in [-0.1, -0.05) is 11.6 Å². The maximum absolute atomic E-state index is 14.0. The molecule has 1 aromatic heterocycles. The fourth-order valence-electron chi connectivity index (χ4n) is 1.83. The minimum atomic E-state index is -1.25. The summed E-state index contributed by atoms with van der Waals surface area (Å²) in [5, 5.41) is -0.390. The molecule has 0 amide bonds. The SMILES string of the molecule is CCOC(=O)c1nc(-c2ccc(Cl)c(F)c2F)nc(N)c1OC. The van der Waals surface area contributed by atoms with Crippen molar-refractivity contribution in [1.29, 1.82) is 0 Å². The molecule has 6 nitrogen and oxygen atoms in total. The molecule has 0 saturated heterocycles. The van der Waals surface area contributed by atoms with E-state index in [9.17, 15) is 13.6 Å². The third kappa shape index (κ3) is 3.16. The number of benzene rings is 1. The van der Waals surface area contributed by atoms with Crippen LogP contribution < -0.4 is 10.5 Å². The number of nitrogens with two attached hydrogens (primary N) is 1. The molecule has 2 rings (SSSR count).